The largest absolute Gasteiger partial charge is 0.370 e. The van der Waals surface area contributed by atoms with Crippen molar-refractivity contribution in [2.45, 2.75) is 50.6 Å². The first-order valence-electron chi connectivity index (χ1n) is 8.44. The highest BCUT2D eigenvalue weighted by Crippen LogP contribution is 2.26. The lowest BCUT2D eigenvalue weighted by Gasteiger charge is -2.14. The number of ketones is 1. The third kappa shape index (κ3) is 5.39. The van der Waals surface area contributed by atoms with E-state index in [0.29, 0.717) is 35.4 Å². The predicted octanol–water partition coefficient (Wildman–Crippen LogP) is 2.85. The average Bonchev–Trinajstić information content (AvgIpc) is 2.94. The summed E-state index contributed by atoms with van der Waals surface area (Å²) in [6, 6.07) is 5.50. The van der Waals surface area contributed by atoms with E-state index in [-0.39, 0.29) is 18.0 Å². The fraction of sp³-hybridized carbons (Fsp3) is 0.444. The van der Waals surface area contributed by atoms with Crippen molar-refractivity contribution in [2.75, 3.05) is 0 Å². The van der Waals surface area contributed by atoms with Crippen molar-refractivity contribution < 1.29 is 14.0 Å². The molecule has 0 bridgehead atoms. The molecule has 0 saturated heterocycles. The molecule has 26 heavy (non-hydrogen) atoms. The van der Waals surface area contributed by atoms with E-state index in [1.807, 2.05) is 4.57 Å². The Morgan fingerprint density at radius 3 is 2.42 bits per heavy atom. The lowest BCUT2D eigenvalue weighted by molar-refractivity contribution is -0.118. The maximum atomic E-state index is 13.0. The number of carbonyl (C=O) groups is 2. The molecule has 1 aromatic heterocycles. The van der Waals surface area contributed by atoms with Crippen molar-refractivity contribution in [2.24, 2.45) is 11.7 Å². The minimum atomic E-state index is -0.403. The number of aryl methyl sites for hydroxylation is 1. The van der Waals surface area contributed by atoms with Gasteiger partial charge in [-0.25, -0.2) is 4.39 Å². The van der Waals surface area contributed by atoms with Crippen LogP contribution in [0.4, 0.5) is 4.39 Å². The van der Waals surface area contributed by atoms with Gasteiger partial charge in [-0.3, -0.25) is 9.59 Å². The van der Waals surface area contributed by atoms with Crippen LogP contribution in [0.2, 0.25) is 0 Å². The molecule has 8 heteroatoms. The zero-order valence-corrected chi connectivity index (χ0v) is 15.9. The van der Waals surface area contributed by atoms with E-state index >= 15 is 0 Å². The first-order valence-corrected chi connectivity index (χ1v) is 9.32. The third-order valence-corrected chi connectivity index (χ3v) is 4.80. The summed E-state index contributed by atoms with van der Waals surface area (Å²) in [5.74, 6) is 0.158. The topological polar surface area (TPSA) is 90.9 Å². The number of hydrogen-bond acceptors (Lipinski definition) is 5. The molecule has 140 valence electrons. The number of halogens is 1. The Morgan fingerprint density at radius 2 is 1.85 bits per heavy atom. The van der Waals surface area contributed by atoms with Crippen LogP contribution >= 0.6 is 11.8 Å². The summed E-state index contributed by atoms with van der Waals surface area (Å²) < 4.78 is 15.0. The maximum Gasteiger partial charge on any atom is 0.217 e. The minimum absolute atomic E-state index is 0.104. The molecule has 0 fully saturated rings. The number of carbonyl (C=O) groups excluding carboxylic acids is 2. The van der Waals surface area contributed by atoms with Crippen molar-refractivity contribution >= 4 is 23.5 Å². The van der Waals surface area contributed by atoms with Gasteiger partial charge >= 0.3 is 0 Å². The number of nitrogens with zero attached hydrogens (tertiary/aromatic N) is 3. The lowest BCUT2D eigenvalue weighted by Crippen LogP contribution is -2.17. The van der Waals surface area contributed by atoms with E-state index in [1.54, 1.807) is 6.92 Å². The van der Waals surface area contributed by atoms with Gasteiger partial charge in [-0.2, -0.15) is 0 Å². The molecule has 2 rings (SSSR count). The zero-order chi connectivity index (χ0) is 19.3. The molecule has 0 aliphatic heterocycles. The van der Waals surface area contributed by atoms with Crippen LogP contribution in [0.3, 0.4) is 0 Å². The monoisotopic (exact) mass is 378 g/mol. The van der Waals surface area contributed by atoms with Gasteiger partial charge in [0.05, 0.1) is 5.25 Å². The van der Waals surface area contributed by atoms with Gasteiger partial charge in [0.2, 0.25) is 5.91 Å². The maximum absolute atomic E-state index is 13.0. The van der Waals surface area contributed by atoms with E-state index in [9.17, 15) is 14.0 Å². The van der Waals surface area contributed by atoms with Gasteiger partial charge in [0.15, 0.2) is 10.9 Å². The molecule has 0 aliphatic carbocycles. The van der Waals surface area contributed by atoms with E-state index in [1.165, 1.54) is 36.0 Å². The molecule has 2 aromatic rings. The first-order chi connectivity index (χ1) is 12.3. The Hall–Kier alpha value is -2.22. The van der Waals surface area contributed by atoms with Crippen molar-refractivity contribution in [3.05, 3.63) is 41.5 Å². The number of hydrogen-bond donors (Lipinski definition) is 1. The summed E-state index contributed by atoms with van der Waals surface area (Å²) in [5.41, 5.74) is 5.67. The van der Waals surface area contributed by atoms with Gasteiger partial charge in [0.25, 0.3) is 0 Å². The summed E-state index contributed by atoms with van der Waals surface area (Å²) >= 11 is 1.30. The van der Waals surface area contributed by atoms with E-state index in [2.05, 4.69) is 24.0 Å². The van der Waals surface area contributed by atoms with E-state index in [4.69, 9.17) is 5.73 Å². The molecule has 6 nitrogen and oxygen atoms in total. The molecule has 1 amide bonds. The SMILES string of the molecule is CC(C)Cn1c(CCC(N)=O)nnc1SC(C)C(=O)c1ccc(F)cc1. The highest BCUT2D eigenvalue weighted by atomic mass is 32.2. The van der Waals surface area contributed by atoms with Crippen LogP contribution in [0, 0.1) is 11.7 Å². The standard InChI is InChI=1S/C18H23FN4O2S/c1-11(2)10-23-16(9-8-15(20)24)21-22-18(23)26-12(3)17(25)13-4-6-14(19)7-5-13/h4-7,11-12H,8-10H2,1-3H3,(H2,20,24). The molecule has 2 N–H and O–H groups in total. The number of benzene rings is 1. The molecule has 1 atom stereocenters. The fourth-order valence-electron chi connectivity index (χ4n) is 2.44. The smallest absolute Gasteiger partial charge is 0.217 e. The van der Waals surface area contributed by atoms with Crippen LogP contribution in [-0.2, 0) is 17.8 Å². The van der Waals surface area contributed by atoms with Gasteiger partial charge in [-0.1, -0.05) is 25.6 Å². The quantitative estimate of drug-likeness (QED) is 0.535. The first kappa shape index (κ1) is 20.1. The van der Waals surface area contributed by atoms with Crippen molar-refractivity contribution in [1.82, 2.24) is 14.8 Å². The Labute approximate surface area is 156 Å². The van der Waals surface area contributed by atoms with E-state index < -0.39 is 11.2 Å². The number of aromatic nitrogens is 3. The Kier molecular flexibility index (Phi) is 6.90. The molecule has 0 spiro atoms. The summed E-state index contributed by atoms with van der Waals surface area (Å²) in [4.78, 5) is 23.6. The molecular weight excluding hydrogens is 355 g/mol. The van der Waals surface area contributed by atoms with Gasteiger partial charge in [-0.15, -0.1) is 10.2 Å². The van der Waals surface area contributed by atoms with Crippen LogP contribution in [0.1, 0.15) is 43.4 Å². The van der Waals surface area contributed by atoms with Gasteiger partial charge in [0, 0.05) is 24.9 Å². The zero-order valence-electron chi connectivity index (χ0n) is 15.1. The Balaban J connectivity index is 2.17. The van der Waals surface area contributed by atoms with Gasteiger partial charge in [0.1, 0.15) is 11.6 Å². The summed E-state index contributed by atoms with van der Waals surface area (Å²) in [6.45, 7) is 6.60. The minimum Gasteiger partial charge on any atom is -0.370 e. The molecule has 0 saturated carbocycles. The normalized spacial score (nSPS) is 12.3. The number of rotatable bonds is 9. The molecular formula is C18H23FN4O2S. The highest BCUT2D eigenvalue weighted by molar-refractivity contribution is 8.00. The molecule has 1 aromatic carbocycles. The molecule has 0 radical (unpaired) electrons. The van der Waals surface area contributed by atoms with Crippen molar-refractivity contribution in [3.63, 3.8) is 0 Å². The van der Waals surface area contributed by atoms with Crippen molar-refractivity contribution in [3.8, 4) is 0 Å². The van der Waals surface area contributed by atoms with E-state index in [0.717, 1.165) is 0 Å². The van der Waals surface area contributed by atoms with Crippen LogP contribution in [0.25, 0.3) is 0 Å². The van der Waals surface area contributed by atoms with Gasteiger partial charge in [-0.05, 0) is 37.1 Å². The van der Waals surface area contributed by atoms with Crippen LogP contribution in [-0.4, -0.2) is 31.7 Å². The second-order valence-corrected chi connectivity index (χ2v) is 7.81. The van der Waals surface area contributed by atoms with Gasteiger partial charge < -0.3 is 10.3 Å². The number of primary amides is 1. The summed E-state index contributed by atoms with van der Waals surface area (Å²) in [6.07, 6.45) is 0.612. The molecule has 0 aliphatic rings. The molecule has 1 unspecified atom stereocenters. The van der Waals surface area contributed by atoms with Crippen molar-refractivity contribution in [1.29, 1.82) is 0 Å². The highest BCUT2D eigenvalue weighted by Gasteiger charge is 2.22. The number of nitrogens with two attached hydrogens (primary N) is 1. The van der Waals surface area contributed by atoms with Crippen LogP contribution in [0.15, 0.2) is 29.4 Å². The summed E-state index contributed by atoms with van der Waals surface area (Å²) in [5, 5.41) is 8.57. The Morgan fingerprint density at radius 1 is 1.19 bits per heavy atom. The van der Waals surface area contributed by atoms with Crippen LogP contribution < -0.4 is 5.73 Å². The molecule has 1 heterocycles. The van der Waals surface area contributed by atoms with Crippen LogP contribution in [0.5, 0.6) is 0 Å². The second-order valence-electron chi connectivity index (χ2n) is 6.50. The Bertz CT molecular complexity index is 774. The lowest BCUT2D eigenvalue weighted by atomic mass is 10.1. The number of thioether (sulfide) groups is 1. The summed E-state index contributed by atoms with van der Waals surface area (Å²) in [7, 11) is 0. The third-order valence-electron chi connectivity index (χ3n) is 3.72. The fourth-order valence-corrected chi connectivity index (χ4v) is 3.39. The second kappa shape index (κ2) is 8.93. The average molecular weight is 378 g/mol. The number of Topliss-reactive ketones (excluding diaryl/α,β-unsaturated/α-hetero) is 1. The predicted molar refractivity (Wildman–Crippen MR) is 98.4 cm³/mol. The number of amides is 1.